The van der Waals surface area contributed by atoms with Crippen molar-refractivity contribution in [3.8, 4) is 28.6 Å². The number of aromatic nitrogens is 4. The highest BCUT2D eigenvalue weighted by molar-refractivity contribution is 7.99. The van der Waals surface area contributed by atoms with Gasteiger partial charge in [0.05, 0.1) is 6.61 Å². The average molecular weight is 422 g/mol. The molecule has 0 spiro atoms. The lowest BCUT2D eigenvalue weighted by atomic mass is 10.2. The number of fused-ring (bicyclic) bond motifs is 2. The van der Waals surface area contributed by atoms with Gasteiger partial charge in [0.2, 0.25) is 6.79 Å². The van der Waals surface area contributed by atoms with Gasteiger partial charge in [0.25, 0.3) is 5.56 Å². The van der Waals surface area contributed by atoms with Crippen molar-refractivity contribution in [2.24, 2.45) is 0 Å². The van der Waals surface area contributed by atoms with Gasteiger partial charge in [-0.1, -0.05) is 23.9 Å². The van der Waals surface area contributed by atoms with Gasteiger partial charge in [-0.2, -0.15) is 0 Å². The summed E-state index contributed by atoms with van der Waals surface area (Å²) in [5, 5.41) is 3.37. The van der Waals surface area contributed by atoms with Crippen LogP contribution in [0.4, 0.5) is 0 Å². The lowest BCUT2D eigenvalue weighted by Gasteiger charge is -2.09. The summed E-state index contributed by atoms with van der Waals surface area (Å²) in [6, 6.07) is 14.9. The Morgan fingerprint density at radius 3 is 2.93 bits per heavy atom. The summed E-state index contributed by atoms with van der Waals surface area (Å²) in [4.78, 5) is 21.1. The number of aryl methyl sites for hydroxylation is 1. The fourth-order valence-electron chi connectivity index (χ4n) is 3.14. The van der Waals surface area contributed by atoms with E-state index in [-0.39, 0.29) is 12.4 Å². The number of nitrogens with one attached hydrogen (secondary N) is 1. The zero-order valence-corrected chi connectivity index (χ0v) is 16.9. The lowest BCUT2D eigenvalue weighted by Crippen LogP contribution is -2.06. The number of ether oxygens (including phenoxy) is 3. The Bertz CT molecular complexity index is 1280. The van der Waals surface area contributed by atoms with Crippen LogP contribution in [0.3, 0.4) is 0 Å². The van der Waals surface area contributed by atoms with Crippen molar-refractivity contribution in [2.45, 2.75) is 12.1 Å². The fourth-order valence-corrected chi connectivity index (χ4v) is 3.91. The maximum Gasteiger partial charge on any atom is 0.266 e. The molecular weight excluding hydrogens is 404 g/mol. The molecule has 2 aromatic heterocycles. The van der Waals surface area contributed by atoms with E-state index in [1.54, 1.807) is 4.52 Å². The van der Waals surface area contributed by atoms with E-state index in [0.717, 1.165) is 16.9 Å². The van der Waals surface area contributed by atoms with Crippen LogP contribution >= 0.6 is 11.8 Å². The van der Waals surface area contributed by atoms with Crippen LogP contribution in [0.1, 0.15) is 5.56 Å². The molecule has 4 aromatic rings. The van der Waals surface area contributed by atoms with Crippen LogP contribution < -0.4 is 19.8 Å². The molecule has 9 heteroatoms. The van der Waals surface area contributed by atoms with E-state index in [0.29, 0.717) is 40.5 Å². The molecule has 2 aromatic carbocycles. The predicted octanol–water partition coefficient (Wildman–Crippen LogP) is 3.29. The average Bonchev–Trinajstić information content (AvgIpc) is 3.36. The molecule has 0 bridgehead atoms. The topological polar surface area (TPSA) is 90.7 Å². The molecule has 3 heterocycles. The molecule has 0 aliphatic carbocycles. The number of benzene rings is 2. The minimum absolute atomic E-state index is 0.202. The number of hydrogen-bond acceptors (Lipinski definition) is 7. The first-order chi connectivity index (χ1) is 14.7. The van der Waals surface area contributed by atoms with E-state index in [1.165, 1.54) is 17.8 Å². The van der Waals surface area contributed by atoms with E-state index in [4.69, 9.17) is 14.2 Å². The van der Waals surface area contributed by atoms with E-state index in [1.807, 2.05) is 49.4 Å². The number of rotatable bonds is 6. The van der Waals surface area contributed by atoms with Gasteiger partial charge in [0.1, 0.15) is 5.75 Å². The summed E-state index contributed by atoms with van der Waals surface area (Å²) >= 11 is 1.48. The van der Waals surface area contributed by atoms with E-state index >= 15 is 0 Å². The maximum absolute atomic E-state index is 11.9. The van der Waals surface area contributed by atoms with Crippen molar-refractivity contribution in [2.75, 3.05) is 19.2 Å². The fraction of sp³-hybridized carbons (Fsp3) is 0.190. The van der Waals surface area contributed by atoms with Crippen LogP contribution in [0.5, 0.6) is 17.2 Å². The summed E-state index contributed by atoms with van der Waals surface area (Å²) in [5.74, 6) is 3.35. The van der Waals surface area contributed by atoms with Gasteiger partial charge < -0.3 is 14.2 Å². The molecule has 1 aliphatic rings. The summed E-state index contributed by atoms with van der Waals surface area (Å²) in [6.45, 7) is 2.73. The molecule has 0 amide bonds. The van der Waals surface area contributed by atoms with E-state index in [9.17, 15) is 4.79 Å². The smallest absolute Gasteiger partial charge is 0.266 e. The molecule has 0 saturated carbocycles. The Morgan fingerprint density at radius 1 is 1.13 bits per heavy atom. The lowest BCUT2D eigenvalue weighted by molar-refractivity contribution is 0.174. The molecule has 0 unspecified atom stereocenters. The van der Waals surface area contributed by atoms with Crippen LogP contribution in [0.25, 0.3) is 17.0 Å². The zero-order valence-electron chi connectivity index (χ0n) is 16.1. The number of H-pyrrole nitrogens is 1. The normalized spacial score (nSPS) is 12.4. The number of aromatic amines is 1. The van der Waals surface area contributed by atoms with Crippen LogP contribution in [0.15, 0.2) is 58.5 Å². The van der Waals surface area contributed by atoms with Crippen molar-refractivity contribution in [3.63, 3.8) is 0 Å². The van der Waals surface area contributed by atoms with E-state index < -0.39 is 0 Å². The number of hydrogen-bond donors (Lipinski definition) is 1. The predicted molar refractivity (Wildman–Crippen MR) is 113 cm³/mol. The van der Waals surface area contributed by atoms with E-state index in [2.05, 4.69) is 15.1 Å². The molecule has 0 saturated heterocycles. The van der Waals surface area contributed by atoms with Crippen LogP contribution in [0, 0.1) is 6.92 Å². The van der Waals surface area contributed by atoms with Gasteiger partial charge in [-0.05, 0) is 42.8 Å². The molecule has 152 valence electrons. The minimum atomic E-state index is -0.231. The highest BCUT2D eigenvalue weighted by Gasteiger charge is 2.17. The molecule has 0 fully saturated rings. The molecule has 0 radical (unpaired) electrons. The highest BCUT2D eigenvalue weighted by Crippen LogP contribution is 2.35. The minimum Gasteiger partial charge on any atom is -0.493 e. The Balaban J connectivity index is 1.39. The van der Waals surface area contributed by atoms with Gasteiger partial charge in [0.15, 0.2) is 28.1 Å². The Kier molecular flexibility index (Phi) is 4.80. The van der Waals surface area contributed by atoms with Crippen LogP contribution in [0.2, 0.25) is 0 Å². The Hall–Kier alpha value is -3.46. The number of nitrogens with zero attached hydrogens (tertiary/aromatic N) is 3. The molecular formula is C21H18N4O4S. The first-order valence-corrected chi connectivity index (χ1v) is 10.4. The SMILES string of the molecule is Cc1cccc(OCCSc2nc(-c3ccc4c(c3)OCO4)nc3cc(=O)[nH]n23)c1. The first-order valence-electron chi connectivity index (χ1n) is 9.38. The van der Waals surface area contributed by atoms with Gasteiger partial charge in [0, 0.05) is 17.4 Å². The molecule has 30 heavy (non-hydrogen) atoms. The third-order valence-electron chi connectivity index (χ3n) is 4.53. The molecule has 5 rings (SSSR count). The highest BCUT2D eigenvalue weighted by atomic mass is 32.2. The molecule has 0 atom stereocenters. The van der Waals surface area contributed by atoms with Crippen molar-refractivity contribution in [3.05, 3.63) is 64.4 Å². The molecule has 1 aliphatic heterocycles. The monoisotopic (exact) mass is 422 g/mol. The molecule has 8 nitrogen and oxygen atoms in total. The van der Waals surface area contributed by atoms with Crippen molar-refractivity contribution >= 4 is 17.4 Å². The number of thioether (sulfide) groups is 1. The second-order valence-electron chi connectivity index (χ2n) is 6.73. The molecule has 1 N–H and O–H groups in total. The van der Waals surface area contributed by atoms with Crippen molar-refractivity contribution < 1.29 is 14.2 Å². The van der Waals surface area contributed by atoms with Gasteiger partial charge >= 0.3 is 0 Å². The van der Waals surface area contributed by atoms with Crippen LogP contribution in [-0.4, -0.2) is 38.7 Å². The quantitative estimate of drug-likeness (QED) is 0.377. The second kappa shape index (κ2) is 7.75. The zero-order chi connectivity index (χ0) is 20.5. The second-order valence-corrected chi connectivity index (χ2v) is 7.79. The Morgan fingerprint density at radius 2 is 2.03 bits per heavy atom. The third-order valence-corrected chi connectivity index (χ3v) is 5.43. The van der Waals surface area contributed by atoms with Crippen molar-refractivity contribution in [1.29, 1.82) is 0 Å². The van der Waals surface area contributed by atoms with Crippen molar-refractivity contribution in [1.82, 2.24) is 19.6 Å². The summed E-state index contributed by atoms with van der Waals surface area (Å²) in [7, 11) is 0. The Labute approximate surface area is 175 Å². The first kappa shape index (κ1) is 18.6. The summed E-state index contributed by atoms with van der Waals surface area (Å²) < 4.78 is 18.2. The maximum atomic E-state index is 11.9. The largest absolute Gasteiger partial charge is 0.493 e. The summed E-state index contributed by atoms with van der Waals surface area (Å²) in [6.07, 6.45) is 0. The van der Waals surface area contributed by atoms with Gasteiger partial charge in [-0.25, -0.2) is 14.5 Å². The van der Waals surface area contributed by atoms with Crippen LogP contribution in [-0.2, 0) is 0 Å². The summed E-state index contributed by atoms with van der Waals surface area (Å²) in [5.41, 5.74) is 2.21. The standard InChI is InChI=1S/C21H18N4O4S/c1-13-3-2-4-15(9-13)27-7-8-30-21-23-20(22-18-11-19(26)24-25(18)21)14-5-6-16-17(10-14)29-12-28-16/h2-6,9-11H,7-8,12H2,1H3,(H,24,26). The van der Waals surface area contributed by atoms with Gasteiger partial charge in [-0.15, -0.1) is 0 Å². The third kappa shape index (κ3) is 3.71. The van der Waals surface area contributed by atoms with Gasteiger partial charge in [-0.3, -0.25) is 9.89 Å².